The summed E-state index contributed by atoms with van der Waals surface area (Å²) in [5, 5.41) is 4.61. The van der Waals surface area contributed by atoms with E-state index in [0.717, 1.165) is 32.0 Å². The van der Waals surface area contributed by atoms with Crippen LogP contribution in [0.3, 0.4) is 0 Å². The molecule has 0 aliphatic heterocycles. The zero-order valence-corrected chi connectivity index (χ0v) is 17.0. The van der Waals surface area contributed by atoms with Crippen molar-refractivity contribution < 1.29 is 13.2 Å². The zero-order chi connectivity index (χ0) is 19.7. The number of thiazole rings is 1. The number of amides is 2. The smallest absolute Gasteiger partial charge is 0.297 e. The number of sulfonamides is 1. The van der Waals surface area contributed by atoms with Crippen LogP contribution in [0.25, 0.3) is 21.3 Å². The quantitative estimate of drug-likeness (QED) is 0.504. The third kappa shape index (κ3) is 3.75. The van der Waals surface area contributed by atoms with E-state index in [1.807, 2.05) is 37.3 Å². The van der Waals surface area contributed by atoms with Crippen molar-refractivity contribution in [2.24, 2.45) is 0 Å². The van der Waals surface area contributed by atoms with E-state index in [2.05, 4.69) is 20.0 Å². The van der Waals surface area contributed by atoms with Gasteiger partial charge in [-0.15, -0.1) is 22.7 Å². The minimum Gasteiger partial charge on any atom is -0.297 e. The number of aromatic nitrogens is 2. The van der Waals surface area contributed by atoms with Gasteiger partial charge in [0.15, 0.2) is 0 Å². The number of hydrogen-bond donors (Lipinski definition) is 2. The number of hydrogen-bond acceptors (Lipinski definition) is 7. The van der Waals surface area contributed by atoms with E-state index in [1.165, 1.54) is 17.4 Å². The predicted octanol–water partition coefficient (Wildman–Crippen LogP) is 4.24. The van der Waals surface area contributed by atoms with Crippen molar-refractivity contribution in [3.8, 4) is 11.3 Å². The minimum absolute atomic E-state index is 0.0504. The number of rotatable bonds is 4. The molecule has 0 spiro atoms. The number of aryl methyl sites for hydroxylation is 1. The molecule has 0 aliphatic rings. The van der Waals surface area contributed by atoms with Crippen molar-refractivity contribution in [1.82, 2.24) is 14.7 Å². The van der Waals surface area contributed by atoms with E-state index >= 15 is 0 Å². The molecule has 3 aromatic heterocycles. The van der Waals surface area contributed by atoms with Gasteiger partial charge in [-0.25, -0.2) is 22.9 Å². The highest BCUT2D eigenvalue weighted by Crippen LogP contribution is 2.33. The Morgan fingerprint density at radius 3 is 2.64 bits per heavy atom. The van der Waals surface area contributed by atoms with Crippen molar-refractivity contribution in [1.29, 1.82) is 0 Å². The lowest BCUT2D eigenvalue weighted by Gasteiger charge is -2.07. The first-order valence-corrected chi connectivity index (χ1v) is 11.2. The van der Waals surface area contributed by atoms with Crippen LogP contribution in [-0.2, 0) is 10.0 Å². The highest BCUT2D eigenvalue weighted by Gasteiger charge is 2.22. The van der Waals surface area contributed by atoms with Gasteiger partial charge in [-0.1, -0.05) is 30.3 Å². The fourth-order valence-electron chi connectivity index (χ4n) is 2.60. The summed E-state index contributed by atoms with van der Waals surface area (Å²) in [5.41, 5.74) is 1.44. The first kappa shape index (κ1) is 18.5. The fourth-order valence-corrected chi connectivity index (χ4v) is 5.71. The first-order chi connectivity index (χ1) is 13.4. The van der Waals surface area contributed by atoms with Crippen molar-refractivity contribution in [2.75, 3.05) is 5.32 Å². The maximum atomic E-state index is 12.6. The molecule has 0 radical (unpaired) electrons. The summed E-state index contributed by atoms with van der Waals surface area (Å²) in [7, 11) is -4.00. The number of nitrogens with zero attached hydrogens (tertiary/aromatic N) is 2. The maximum Gasteiger partial charge on any atom is 0.333 e. The molecule has 2 amide bonds. The normalized spacial score (nSPS) is 11.5. The summed E-state index contributed by atoms with van der Waals surface area (Å²) in [6, 6.07) is 11.8. The van der Waals surface area contributed by atoms with Gasteiger partial charge in [0, 0.05) is 18.0 Å². The summed E-state index contributed by atoms with van der Waals surface area (Å²) in [4.78, 5) is 20.8. The van der Waals surface area contributed by atoms with Crippen LogP contribution in [0.5, 0.6) is 0 Å². The molecule has 0 saturated heterocycles. The number of thiophene rings is 1. The molecule has 0 bridgehead atoms. The summed E-state index contributed by atoms with van der Waals surface area (Å²) in [6.07, 6.45) is 3.17. The summed E-state index contributed by atoms with van der Waals surface area (Å²) >= 11 is 2.33. The molecule has 10 heteroatoms. The topological polar surface area (TPSA) is 101 Å². The molecule has 4 aromatic rings. The van der Waals surface area contributed by atoms with Crippen LogP contribution in [-0.4, -0.2) is 24.4 Å². The third-order valence-corrected chi connectivity index (χ3v) is 7.58. The van der Waals surface area contributed by atoms with Crippen LogP contribution >= 0.6 is 22.7 Å². The van der Waals surface area contributed by atoms with E-state index in [0.29, 0.717) is 10.7 Å². The summed E-state index contributed by atoms with van der Waals surface area (Å²) in [6.45, 7) is 1.82. The molecule has 3 heterocycles. The van der Waals surface area contributed by atoms with Gasteiger partial charge in [-0.05, 0) is 24.4 Å². The molecule has 0 saturated carbocycles. The Morgan fingerprint density at radius 2 is 1.89 bits per heavy atom. The van der Waals surface area contributed by atoms with Crippen molar-refractivity contribution in [3.63, 3.8) is 0 Å². The van der Waals surface area contributed by atoms with E-state index < -0.39 is 16.1 Å². The second kappa shape index (κ2) is 7.30. The molecule has 7 nitrogen and oxygen atoms in total. The van der Waals surface area contributed by atoms with Gasteiger partial charge < -0.3 is 0 Å². The van der Waals surface area contributed by atoms with Crippen LogP contribution < -0.4 is 10.0 Å². The molecule has 4 rings (SSSR count). The number of anilines is 1. The zero-order valence-electron chi connectivity index (χ0n) is 14.5. The van der Waals surface area contributed by atoms with Crippen LogP contribution in [0.2, 0.25) is 0 Å². The van der Waals surface area contributed by atoms with E-state index in [4.69, 9.17) is 0 Å². The Labute approximate surface area is 169 Å². The Balaban J connectivity index is 1.56. The Morgan fingerprint density at radius 1 is 1.11 bits per heavy atom. The average molecular weight is 431 g/mol. The second-order valence-corrected chi connectivity index (χ2v) is 10.0. The van der Waals surface area contributed by atoms with Gasteiger partial charge in [0.1, 0.15) is 14.9 Å². The van der Waals surface area contributed by atoms with Crippen molar-refractivity contribution >= 4 is 53.8 Å². The lowest BCUT2D eigenvalue weighted by Crippen LogP contribution is -2.33. The van der Waals surface area contributed by atoms with Crippen LogP contribution in [0.15, 0.2) is 59.1 Å². The van der Waals surface area contributed by atoms with Gasteiger partial charge in [0.2, 0.25) is 0 Å². The molecule has 142 valence electrons. The first-order valence-electron chi connectivity index (χ1n) is 8.12. The van der Waals surface area contributed by atoms with E-state index in [-0.39, 0.29) is 4.21 Å². The van der Waals surface area contributed by atoms with Gasteiger partial charge >= 0.3 is 6.03 Å². The highest BCUT2D eigenvalue weighted by atomic mass is 32.2. The molecular weight excluding hydrogens is 416 g/mol. The van der Waals surface area contributed by atoms with Crippen LogP contribution in [0.4, 0.5) is 9.80 Å². The third-order valence-electron chi connectivity index (χ3n) is 3.80. The SMILES string of the molecule is Cc1nc(-c2ccccc2)c(NC(=O)NS(=O)(=O)c2cc3ccncc3s2)s1. The van der Waals surface area contributed by atoms with Crippen molar-refractivity contribution in [3.05, 3.63) is 59.9 Å². The number of carbonyl (C=O) groups excluding carboxylic acids is 1. The number of carbonyl (C=O) groups is 1. The summed E-state index contributed by atoms with van der Waals surface area (Å²) < 4.78 is 28.0. The highest BCUT2D eigenvalue weighted by molar-refractivity contribution is 7.92. The lowest BCUT2D eigenvalue weighted by molar-refractivity contribution is 0.256. The molecular formula is C18H14N4O3S3. The van der Waals surface area contributed by atoms with Gasteiger partial charge in [-0.3, -0.25) is 10.3 Å². The average Bonchev–Trinajstić information content (AvgIpc) is 3.26. The van der Waals surface area contributed by atoms with E-state index in [1.54, 1.807) is 18.5 Å². The van der Waals surface area contributed by atoms with Crippen LogP contribution in [0.1, 0.15) is 5.01 Å². The molecule has 28 heavy (non-hydrogen) atoms. The number of urea groups is 1. The predicted molar refractivity (Wildman–Crippen MR) is 111 cm³/mol. The number of nitrogens with one attached hydrogen (secondary N) is 2. The largest absolute Gasteiger partial charge is 0.333 e. The second-order valence-electron chi connectivity index (χ2n) is 5.82. The Kier molecular flexibility index (Phi) is 4.84. The van der Waals surface area contributed by atoms with Gasteiger partial charge in [0.25, 0.3) is 10.0 Å². The molecule has 0 fully saturated rings. The van der Waals surface area contributed by atoms with E-state index in [9.17, 15) is 13.2 Å². The Hall–Kier alpha value is -2.82. The van der Waals surface area contributed by atoms with Crippen LogP contribution in [0, 0.1) is 6.92 Å². The molecule has 1 aromatic carbocycles. The molecule has 0 unspecified atom stereocenters. The Bertz CT molecular complexity index is 1230. The summed E-state index contributed by atoms with van der Waals surface area (Å²) in [5.74, 6) is 0. The monoisotopic (exact) mass is 430 g/mol. The maximum absolute atomic E-state index is 12.6. The molecule has 2 N–H and O–H groups in total. The van der Waals surface area contributed by atoms with Crippen molar-refractivity contribution in [2.45, 2.75) is 11.1 Å². The fraction of sp³-hybridized carbons (Fsp3) is 0.0556. The van der Waals surface area contributed by atoms with Gasteiger partial charge in [-0.2, -0.15) is 0 Å². The number of pyridine rings is 1. The molecule has 0 aliphatic carbocycles. The minimum atomic E-state index is -4.00. The molecule has 0 atom stereocenters. The van der Waals surface area contributed by atoms with Gasteiger partial charge in [0.05, 0.1) is 9.71 Å². The number of benzene rings is 1. The standard InChI is InChI=1S/C18H14N4O3S3/c1-11-20-16(12-5-3-2-4-6-12)17(26-11)21-18(23)22-28(24,25)15-9-13-7-8-19-10-14(13)27-15/h2-10H,1H3,(H2,21,22,23). The lowest BCUT2D eigenvalue weighted by atomic mass is 10.2. The number of fused-ring (bicyclic) bond motifs is 1.